The lowest BCUT2D eigenvalue weighted by Gasteiger charge is -1.95. The summed E-state index contributed by atoms with van der Waals surface area (Å²) in [5.41, 5.74) is 0.896. The summed E-state index contributed by atoms with van der Waals surface area (Å²) in [5.74, 6) is 2.42. The van der Waals surface area contributed by atoms with Crippen molar-refractivity contribution in [3.63, 3.8) is 0 Å². The van der Waals surface area contributed by atoms with Crippen molar-refractivity contribution < 1.29 is 5.11 Å². The SMILES string of the molecule is C#CCn1cc(C)c(O)c1C#N. The van der Waals surface area contributed by atoms with E-state index < -0.39 is 0 Å². The second kappa shape index (κ2) is 3.02. The first-order valence-corrected chi connectivity index (χ1v) is 3.43. The van der Waals surface area contributed by atoms with Gasteiger partial charge in [-0.3, -0.25) is 0 Å². The van der Waals surface area contributed by atoms with Gasteiger partial charge in [0, 0.05) is 11.8 Å². The Morgan fingerprint density at radius 2 is 2.42 bits per heavy atom. The molecule has 1 aromatic rings. The predicted molar refractivity (Wildman–Crippen MR) is 44.4 cm³/mol. The van der Waals surface area contributed by atoms with Gasteiger partial charge in [-0.25, -0.2) is 0 Å². The second-order valence-electron chi connectivity index (χ2n) is 2.45. The van der Waals surface area contributed by atoms with Crippen LogP contribution in [0.5, 0.6) is 5.75 Å². The molecule has 12 heavy (non-hydrogen) atoms. The number of rotatable bonds is 1. The van der Waals surface area contributed by atoms with Gasteiger partial charge in [-0.15, -0.1) is 6.42 Å². The molecule has 0 aliphatic carbocycles. The summed E-state index contributed by atoms with van der Waals surface area (Å²) in [4.78, 5) is 0. The van der Waals surface area contributed by atoms with Crippen LogP contribution in [0.2, 0.25) is 0 Å². The number of hydrogen-bond acceptors (Lipinski definition) is 2. The molecule has 1 heterocycles. The highest BCUT2D eigenvalue weighted by Gasteiger charge is 2.09. The summed E-state index contributed by atoms with van der Waals surface area (Å²) >= 11 is 0. The molecule has 0 amide bonds. The number of nitriles is 1. The van der Waals surface area contributed by atoms with Crippen LogP contribution in [0.15, 0.2) is 6.20 Å². The van der Waals surface area contributed by atoms with Gasteiger partial charge in [0.25, 0.3) is 0 Å². The molecular formula is C9H8N2O. The number of nitrogens with zero attached hydrogens (tertiary/aromatic N) is 2. The van der Waals surface area contributed by atoms with E-state index in [-0.39, 0.29) is 11.4 Å². The van der Waals surface area contributed by atoms with Gasteiger partial charge in [0.2, 0.25) is 0 Å². The third-order valence-electron chi connectivity index (χ3n) is 1.60. The molecule has 0 aliphatic heterocycles. The van der Waals surface area contributed by atoms with E-state index in [9.17, 15) is 5.11 Å². The predicted octanol–water partition coefficient (Wildman–Crippen LogP) is 1.01. The minimum atomic E-state index is 0.0211. The van der Waals surface area contributed by atoms with Gasteiger partial charge in [0.05, 0.1) is 6.54 Å². The van der Waals surface area contributed by atoms with Crippen molar-refractivity contribution in [2.75, 3.05) is 0 Å². The Kier molecular flexibility index (Phi) is 2.07. The van der Waals surface area contributed by atoms with E-state index in [1.165, 1.54) is 0 Å². The van der Waals surface area contributed by atoms with E-state index in [0.717, 1.165) is 0 Å². The van der Waals surface area contributed by atoms with Crippen LogP contribution in [0.25, 0.3) is 0 Å². The van der Waals surface area contributed by atoms with Crippen molar-refractivity contribution in [1.82, 2.24) is 4.57 Å². The fourth-order valence-corrected chi connectivity index (χ4v) is 1.02. The molecule has 0 spiro atoms. The Labute approximate surface area is 70.9 Å². The summed E-state index contributed by atoms with van der Waals surface area (Å²) in [6.07, 6.45) is 6.74. The highest BCUT2D eigenvalue weighted by atomic mass is 16.3. The summed E-state index contributed by atoms with van der Waals surface area (Å²) in [5, 5.41) is 18.0. The first kappa shape index (κ1) is 8.23. The van der Waals surface area contributed by atoms with E-state index in [4.69, 9.17) is 11.7 Å². The molecule has 1 aromatic heterocycles. The van der Waals surface area contributed by atoms with Gasteiger partial charge in [-0.1, -0.05) is 5.92 Å². The highest BCUT2D eigenvalue weighted by molar-refractivity contribution is 5.44. The van der Waals surface area contributed by atoms with Crippen molar-refractivity contribution in [2.24, 2.45) is 0 Å². The van der Waals surface area contributed by atoms with Gasteiger partial charge in [0.15, 0.2) is 11.4 Å². The van der Waals surface area contributed by atoms with Gasteiger partial charge < -0.3 is 9.67 Å². The van der Waals surface area contributed by atoms with Crippen LogP contribution in [-0.2, 0) is 6.54 Å². The molecule has 0 fully saturated rings. The van der Waals surface area contributed by atoms with Gasteiger partial charge >= 0.3 is 0 Å². The zero-order valence-corrected chi connectivity index (χ0v) is 6.70. The molecule has 0 saturated heterocycles. The van der Waals surface area contributed by atoms with Crippen molar-refractivity contribution >= 4 is 0 Å². The highest BCUT2D eigenvalue weighted by Crippen LogP contribution is 2.22. The Morgan fingerprint density at radius 1 is 1.75 bits per heavy atom. The molecule has 0 aromatic carbocycles. The third kappa shape index (κ3) is 1.13. The van der Waals surface area contributed by atoms with Crippen LogP contribution >= 0.6 is 0 Å². The van der Waals surface area contributed by atoms with Crippen LogP contribution in [0, 0.1) is 30.6 Å². The molecule has 0 unspecified atom stereocenters. The molecule has 0 aliphatic rings. The third-order valence-corrected chi connectivity index (χ3v) is 1.60. The number of terminal acetylenes is 1. The average Bonchev–Trinajstić information content (AvgIpc) is 2.29. The Bertz CT molecular complexity index is 376. The first-order valence-electron chi connectivity index (χ1n) is 3.43. The summed E-state index contributed by atoms with van der Waals surface area (Å²) in [6.45, 7) is 2.04. The Balaban J connectivity index is 3.24. The van der Waals surface area contributed by atoms with Crippen molar-refractivity contribution in [3.8, 4) is 24.2 Å². The number of aromatic hydroxyl groups is 1. The topological polar surface area (TPSA) is 49.0 Å². The lowest BCUT2D eigenvalue weighted by Crippen LogP contribution is -1.95. The van der Waals surface area contributed by atoms with Crippen molar-refractivity contribution in [3.05, 3.63) is 17.5 Å². The molecule has 60 valence electrons. The summed E-state index contributed by atoms with van der Waals surface area (Å²) in [7, 11) is 0. The summed E-state index contributed by atoms with van der Waals surface area (Å²) < 4.78 is 1.55. The molecule has 1 rings (SSSR count). The fraction of sp³-hybridized carbons (Fsp3) is 0.222. The Morgan fingerprint density at radius 3 is 2.92 bits per heavy atom. The molecule has 0 saturated carbocycles. The standard InChI is InChI=1S/C9H8N2O/c1-3-4-11-6-7(2)9(12)8(11)5-10/h1,6,12H,4H2,2H3. The Hall–Kier alpha value is -1.87. The molecule has 0 bridgehead atoms. The minimum absolute atomic E-state index is 0.0211. The number of aryl methyl sites for hydroxylation is 1. The van der Waals surface area contributed by atoms with E-state index >= 15 is 0 Å². The van der Waals surface area contributed by atoms with E-state index in [1.54, 1.807) is 17.7 Å². The molecule has 1 N–H and O–H groups in total. The maximum atomic E-state index is 9.33. The molecule has 0 atom stereocenters. The maximum Gasteiger partial charge on any atom is 0.163 e. The van der Waals surface area contributed by atoms with Crippen LogP contribution < -0.4 is 0 Å². The van der Waals surface area contributed by atoms with E-state index in [2.05, 4.69) is 5.92 Å². The molecular weight excluding hydrogens is 152 g/mol. The first-order chi connectivity index (χ1) is 5.70. The zero-order chi connectivity index (χ0) is 9.14. The van der Waals surface area contributed by atoms with Gasteiger partial charge in [-0.2, -0.15) is 5.26 Å². The van der Waals surface area contributed by atoms with E-state index in [1.807, 2.05) is 6.07 Å². The largest absolute Gasteiger partial charge is 0.505 e. The van der Waals surface area contributed by atoms with Gasteiger partial charge in [-0.05, 0) is 6.92 Å². The zero-order valence-electron chi connectivity index (χ0n) is 6.70. The average molecular weight is 160 g/mol. The second-order valence-corrected chi connectivity index (χ2v) is 2.45. The van der Waals surface area contributed by atoms with Gasteiger partial charge in [0.1, 0.15) is 6.07 Å². The number of aromatic nitrogens is 1. The lowest BCUT2D eigenvalue weighted by atomic mass is 10.3. The normalized spacial score (nSPS) is 8.92. The van der Waals surface area contributed by atoms with Crippen LogP contribution in [0.1, 0.15) is 11.3 Å². The minimum Gasteiger partial charge on any atom is -0.505 e. The maximum absolute atomic E-state index is 9.33. The lowest BCUT2D eigenvalue weighted by molar-refractivity contribution is 0.468. The van der Waals surface area contributed by atoms with Crippen molar-refractivity contribution in [2.45, 2.75) is 13.5 Å². The quantitative estimate of drug-likeness (QED) is 0.623. The van der Waals surface area contributed by atoms with Crippen molar-refractivity contribution in [1.29, 1.82) is 5.26 Å². The monoisotopic (exact) mass is 160 g/mol. The summed E-state index contributed by atoms with van der Waals surface area (Å²) in [6, 6.07) is 1.89. The smallest absolute Gasteiger partial charge is 0.163 e. The molecule has 3 heteroatoms. The molecule has 0 radical (unpaired) electrons. The van der Waals surface area contributed by atoms with Crippen LogP contribution in [-0.4, -0.2) is 9.67 Å². The fourth-order valence-electron chi connectivity index (χ4n) is 1.02. The van der Waals surface area contributed by atoms with Crippen LogP contribution in [0.4, 0.5) is 0 Å². The number of hydrogen-bond donors (Lipinski definition) is 1. The molecule has 3 nitrogen and oxygen atoms in total. The van der Waals surface area contributed by atoms with Crippen LogP contribution in [0.3, 0.4) is 0 Å². The van der Waals surface area contributed by atoms with E-state index in [0.29, 0.717) is 12.1 Å².